The first-order valence-corrected chi connectivity index (χ1v) is 21.9. The van der Waals surface area contributed by atoms with Gasteiger partial charge >= 0.3 is 261 Å². The average Bonchev–Trinajstić information content (AvgIpc) is 3.31. The fraction of sp³-hybridized carbons (Fsp3) is 0.300. The molecule has 0 fully saturated rings. The van der Waals surface area contributed by atoms with Crippen LogP contribution in [-0.2, 0) is 30.8 Å². The van der Waals surface area contributed by atoms with Gasteiger partial charge in [-0.3, -0.25) is 0 Å². The Kier molecular flexibility index (Phi) is 9.01. The Morgan fingerprint density at radius 1 is 0.619 bits per heavy atom. The van der Waals surface area contributed by atoms with E-state index in [9.17, 15) is 0 Å². The van der Waals surface area contributed by atoms with E-state index in [1.807, 2.05) is 5.57 Å². The van der Waals surface area contributed by atoms with E-state index in [1.54, 1.807) is 38.6 Å². The molecule has 0 nitrogen and oxygen atoms in total. The van der Waals surface area contributed by atoms with Crippen LogP contribution in [0, 0.1) is 13.8 Å². The second-order valence-corrected chi connectivity index (χ2v) is 21.8. The van der Waals surface area contributed by atoms with Gasteiger partial charge in [0.2, 0.25) is 0 Å². The molecule has 0 spiro atoms. The summed E-state index contributed by atoms with van der Waals surface area (Å²) in [5.41, 5.74) is 13.0. The molecule has 4 aromatic carbocycles. The van der Waals surface area contributed by atoms with Crippen molar-refractivity contribution >= 4 is 14.7 Å². The zero-order valence-corrected chi connectivity index (χ0v) is 28.8. The van der Waals surface area contributed by atoms with E-state index in [-0.39, 0.29) is 3.72 Å². The Bertz CT molecular complexity index is 1470. The van der Waals surface area contributed by atoms with Crippen LogP contribution < -0.4 is 5.19 Å². The normalized spacial score (nSPS) is 18.9. The third kappa shape index (κ3) is 5.77. The Morgan fingerprint density at radius 2 is 1.14 bits per heavy atom. The number of benzene rings is 4. The van der Waals surface area contributed by atoms with E-state index in [0.29, 0.717) is 0 Å². The van der Waals surface area contributed by atoms with E-state index in [1.165, 1.54) is 51.5 Å². The predicted molar refractivity (Wildman–Crippen MR) is 181 cm³/mol. The van der Waals surface area contributed by atoms with Gasteiger partial charge in [-0.15, -0.1) is 0 Å². The fourth-order valence-electron chi connectivity index (χ4n) is 8.55. The van der Waals surface area contributed by atoms with Crippen LogP contribution >= 0.6 is 0 Å². The molecule has 2 aliphatic rings. The molecule has 0 aromatic heterocycles. The van der Waals surface area contributed by atoms with Gasteiger partial charge in [-0.1, -0.05) is 0 Å². The molecular formula is C40H46SiTi. The first-order chi connectivity index (χ1) is 20.5. The van der Waals surface area contributed by atoms with Crippen LogP contribution in [0.25, 0.3) is 0 Å². The molecule has 6 rings (SSSR count). The van der Waals surface area contributed by atoms with Gasteiger partial charge in [-0.2, -0.15) is 0 Å². The molecule has 0 saturated carbocycles. The van der Waals surface area contributed by atoms with Crippen molar-refractivity contribution in [1.82, 2.24) is 0 Å². The van der Waals surface area contributed by atoms with E-state index >= 15 is 0 Å². The summed E-state index contributed by atoms with van der Waals surface area (Å²) in [6, 6.07) is 43.2. The summed E-state index contributed by atoms with van der Waals surface area (Å²) in [4.78, 5) is 0. The summed E-state index contributed by atoms with van der Waals surface area (Å²) in [5, 5.41) is 1.68. The molecule has 1 unspecified atom stereocenters. The third-order valence-electron chi connectivity index (χ3n) is 10.6. The average molecular weight is 603 g/mol. The zero-order chi connectivity index (χ0) is 29.0. The van der Waals surface area contributed by atoms with Gasteiger partial charge in [-0.25, -0.2) is 0 Å². The molecule has 42 heavy (non-hydrogen) atoms. The molecule has 0 aliphatic heterocycles. The fourth-order valence-corrected chi connectivity index (χ4v) is 24.1. The molecule has 0 radical (unpaired) electrons. The standard InChI is InChI=1S/C19H25Si.3C7H7.Ti/c1-13-7-6-10-19(15(13)3)20-12-18-14(2)11-16-8-4-5-9-17(16)18;3*1-7-5-3-2-4-6-7;/h6-7,10-11H,4-5,8-9,12,20H2,1-3H3;3*2-6H,1H2;. The first-order valence-electron chi connectivity index (χ1n) is 16.1. The molecule has 0 heterocycles. The van der Waals surface area contributed by atoms with Crippen molar-refractivity contribution in [3.05, 3.63) is 160 Å². The second kappa shape index (κ2) is 12.9. The molecule has 0 amide bonds. The van der Waals surface area contributed by atoms with Crippen LogP contribution in [0.1, 0.15) is 60.4 Å². The Morgan fingerprint density at radius 3 is 1.69 bits per heavy atom. The topological polar surface area (TPSA) is 0 Å². The van der Waals surface area contributed by atoms with Crippen LogP contribution in [-0.4, -0.2) is 9.52 Å². The number of hydrogen-bond donors (Lipinski definition) is 0. The van der Waals surface area contributed by atoms with E-state index in [0.717, 1.165) is 0 Å². The summed E-state index contributed by atoms with van der Waals surface area (Å²) in [7, 11) is -0.502. The Hall–Kier alpha value is -2.71. The van der Waals surface area contributed by atoms with Crippen LogP contribution in [0.4, 0.5) is 0 Å². The summed E-state index contributed by atoms with van der Waals surface area (Å²) < 4.78 is 4.06. The molecule has 214 valence electrons. The second-order valence-electron chi connectivity index (χ2n) is 13.1. The van der Waals surface area contributed by atoms with Crippen molar-refractivity contribution in [3.8, 4) is 0 Å². The van der Waals surface area contributed by atoms with Crippen LogP contribution in [0.3, 0.4) is 0 Å². The monoisotopic (exact) mass is 602 g/mol. The summed E-state index contributed by atoms with van der Waals surface area (Å²) in [6.45, 7) is 7.23. The van der Waals surface area contributed by atoms with Gasteiger partial charge in [0.25, 0.3) is 0 Å². The molecule has 0 saturated heterocycles. The van der Waals surface area contributed by atoms with Crippen molar-refractivity contribution in [3.63, 3.8) is 0 Å². The van der Waals surface area contributed by atoms with Crippen LogP contribution in [0.5, 0.6) is 0 Å². The summed E-state index contributed by atoms with van der Waals surface area (Å²) >= 11 is -2.96. The van der Waals surface area contributed by atoms with Crippen molar-refractivity contribution in [2.24, 2.45) is 0 Å². The molecular weight excluding hydrogens is 556 g/mol. The SMILES string of the molecule is CC1=CC2=C(CCCC2)[C]1(C[SiH2]c1cccc(C)c1C)[Ti]([CH2]c1ccccc1)([CH2]c1ccccc1)[CH2]c1ccccc1. The van der Waals surface area contributed by atoms with Crippen molar-refractivity contribution in [1.29, 1.82) is 0 Å². The van der Waals surface area contributed by atoms with Gasteiger partial charge in [-0.05, 0) is 0 Å². The number of rotatable bonds is 10. The molecule has 1 atom stereocenters. The van der Waals surface area contributed by atoms with Gasteiger partial charge < -0.3 is 0 Å². The summed E-state index contributed by atoms with van der Waals surface area (Å²) in [6.07, 6.45) is 7.98. The van der Waals surface area contributed by atoms with Gasteiger partial charge in [0, 0.05) is 0 Å². The maximum atomic E-state index is 2.70. The van der Waals surface area contributed by atoms with Gasteiger partial charge in [0.05, 0.1) is 0 Å². The third-order valence-corrected chi connectivity index (χ3v) is 23.1. The first kappa shape index (κ1) is 29.4. The Balaban J connectivity index is 1.59. The Labute approximate surface area is 260 Å². The number of allylic oxidation sites excluding steroid dienone is 4. The molecule has 0 bridgehead atoms. The quantitative estimate of drug-likeness (QED) is 0.159. The number of hydrogen-bond acceptors (Lipinski definition) is 0. The summed E-state index contributed by atoms with van der Waals surface area (Å²) in [5.74, 6) is 0. The van der Waals surface area contributed by atoms with Gasteiger partial charge in [0.1, 0.15) is 0 Å². The molecule has 2 heteroatoms. The minimum absolute atomic E-state index is 0.250. The van der Waals surface area contributed by atoms with Crippen LogP contribution in [0.2, 0.25) is 9.76 Å². The van der Waals surface area contributed by atoms with E-state index < -0.39 is 26.1 Å². The van der Waals surface area contributed by atoms with Crippen molar-refractivity contribution in [2.75, 3.05) is 0 Å². The van der Waals surface area contributed by atoms with Crippen molar-refractivity contribution < 1.29 is 16.6 Å². The van der Waals surface area contributed by atoms with Gasteiger partial charge in [0.15, 0.2) is 0 Å². The minimum atomic E-state index is -2.96. The maximum absolute atomic E-state index is 2.96. The van der Waals surface area contributed by atoms with E-state index in [2.05, 4.69) is 136 Å². The van der Waals surface area contributed by atoms with Crippen LogP contribution in [0.15, 0.2) is 132 Å². The molecule has 4 aromatic rings. The predicted octanol–water partition coefficient (Wildman–Crippen LogP) is 9.26. The number of aryl methyl sites for hydroxylation is 1. The van der Waals surface area contributed by atoms with E-state index in [4.69, 9.17) is 0 Å². The van der Waals surface area contributed by atoms with Crippen molar-refractivity contribution in [2.45, 2.75) is 70.4 Å². The molecule has 0 N–H and O–H groups in total. The molecule has 2 aliphatic carbocycles. The zero-order valence-electron chi connectivity index (χ0n) is 25.8.